The first kappa shape index (κ1) is 6.60. The monoisotopic (exact) mass is 176 g/mol. The Labute approximate surface area is 59.8 Å². The van der Waals surface area contributed by atoms with E-state index in [1.165, 1.54) is 11.8 Å². The summed E-state index contributed by atoms with van der Waals surface area (Å²) in [4.78, 5) is 0. The molecule has 0 nitrogen and oxygen atoms in total. The molecule has 0 saturated heterocycles. The maximum Gasteiger partial charge on any atom is 0.00625 e. The van der Waals surface area contributed by atoms with Gasteiger partial charge in [0.2, 0.25) is 0 Å². The second-order valence-electron chi connectivity index (χ2n) is 3.06. The van der Waals surface area contributed by atoms with Gasteiger partial charge in [-0.05, 0) is 24.2 Å². The van der Waals surface area contributed by atoms with Gasteiger partial charge in [-0.1, -0.05) is 29.8 Å². The van der Waals surface area contributed by atoms with Crippen LogP contribution in [-0.2, 0) is 0 Å². The van der Waals surface area contributed by atoms with Gasteiger partial charge in [-0.25, -0.2) is 0 Å². The Bertz CT molecular complexity index is 78.5. The Hall–Kier alpha value is 0.480. The molecule has 0 amide bonds. The lowest BCUT2D eigenvalue weighted by Crippen LogP contribution is -1.92. The average Bonchev–Trinajstić information content (AvgIpc) is 2.42. The van der Waals surface area contributed by atoms with Crippen LogP contribution in [-0.4, -0.2) is 5.33 Å². The molecule has 0 aromatic rings. The lowest BCUT2D eigenvalue weighted by Gasteiger charge is -1.98. The average molecular weight is 177 g/mol. The molecule has 8 heavy (non-hydrogen) atoms. The van der Waals surface area contributed by atoms with Crippen molar-refractivity contribution in [2.45, 2.75) is 20.3 Å². The van der Waals surface area contributed by atoms with Crippen LogP contribution in [0.3, 0.4) is 0 Å². The molecule has 48 valence electrons. The minimum absolute atomic E-state index is 0.914. The van der Waals surface area contributed by atoms with Crippen LogP contribution in [0, 0.1) is 17.8 Å². The molecule has 0 heterocycles. The van der Waals surface area contributed by atoms with E-state index in [-0.39, 0.29) is 0 Å². The van der Waals surface area contributed by atoms with Crippen molar-refractivity contribution in [1.82, 2.24) is 0 Å². The van der Waals surface area contributed by atoms with Crippen molar-refractivity contribution in [3.63, 3.8) is 0 Å². The van der Waals surface area contributed by atoms with Crippen molar-refractivity contribution in [3.8, 4) is 0 Å². The molecule has 0 aromatic heterocycles. The minimum atomic E-state index is 0.914. The molecule has 1 aliphatic rings. The standard InChI is InChI=1S/C7H13Br/c1-5(2)7-3-6(7)4-8/h5-7H,3-4H2,1-2H3. The van der Waals surface area contributed by atoms with E-state index in [4.69, 9.17) is 0 Å². The molecule has 2 unspecified atom stereocenters. The molecule has 0 radical (unpaired) electrons. The van der Waals surface area contributed by atoms with Crippen molar-refractivity contribution in [2.24, 2.45) is 17.8 Å². The summed E-state index contributed by atoms with van der Waals surface area (Å²) in [6.07, 6.45) is 1.46. The molecule has 0 N–H and O–H groups in total. The third kappa shape index (κ3) is 1.25. The third-order valence-electron chi connectivity index (χ3n) is 2.03. The van der Waals surface area contributed by atoms with Crippen LogP contribution in [0.15, 0.2) is 0 Å². The SMILES string of the molecule is CC(C)C1CC1CBr. The van der Waals surface area contributed by atoms with Crippen LogP contribution in [0.2, 0.25) is 0 Å². The van der Waals surface area contributed by atoms with Gasteiger partial charge in [-0.2, -0.15) is 0 Å². The highest BCUT2D eigenvalue weighted by atomic mass is 79.9. The molecule has 1 fully saturated rings. The summed E-state index contributed by atoms with van der Waals surface area (Å²) in [6.45, 7) is 4.63. The topological polar surface area (TPSA) is 0 Å². The number of alkyl halides is 1. The van der Waals surface area contributed by atoms with Crippen LogP contribution < -0.4 is 0 Å². The predicted octanol–water partition coefficient (Wildman–Crippen LogP) is 2.67. The highest BCUT2D eigenvalue weighted by Gasteiger charge is 2.37. The maximum atomic E-state index is 3.48. The maximum absolute atomic E-state index is 3.48. The summed E-state index contributed by atoms with van der Waals surface area (Å²) in [7, 11) is 0. The summed E-state index contributed by atoms with van der Waals surface area (Å²) in [5.41, 5.74) is 0. The third-order valence-corrected chi connectivity index (χ3v) is 2.86. The van der Waals surface area contributed by atoms with Crippen molar-refractivity contribution < 1.29 is 0 Å². The van der Waals surface area contributed by atoms with Crippen molar-refractivity contribution in [1.29, 1.82) is 0 Å². The Balaban J connectivity index is 2.16. The quantitative estimate of drug-likeness (QED) is 0.569. The van der Waals surface area contributed by atoms with Crippen molar-refractivity contribution in [2.75, 3.05) is 5.33 Å². The smallest absolute Gasteiger partial charge is 0.00625 e. The van der Waals surface area contributed by atoms with E-state index in [1.54, 1.807) is 0 Å². The van der Waals surface area contributed by atoms with Gasteiger partial charge in [0, 0.05) is 5.33 Å². The molecular formula is C7H13Br. The van der Waals surface area contributed by atoms with Crippen LogP contribution in [0.1, 0.15) is 20.3 Å². The first-order chi connectivity index (χ1) is 3.75. The van der Waals surface area contributed by atoms with Crippen LogP contribution in [0.25, 0.3) is 0 Å². The Kier molecular flexibility index (Phi) is 1.97. The van der Waals surface area contributed by atoms with Gasteiger partial charge >= 0.3 is 0 Å². The van der Waals surface area contributed by atoms with Gasteiger partial charge < -0.3 is 0 Å². The first-order valence-electron chi connectivity index (χ1n) is 3.31. The predicted molar refractivity (Wildman–Crippen MR) is 40.2 cm³/mol. The molecule has 2 atom stereocenters. The minimum Gasteiger partial charge on any atom is -0.0925 e. The van der Waals surface area contributed by atoms with Crippen molar-refractivity contribution >= 4 is 15.9 Å². The lowest BCUT2D eigenvalue weighted by atomic mass is 10.1. The summed E-state index contributed by atoms with van der Waals surface area (Å²) < 4.78 is 0. The summed E-state index contributed by atoms with van der Waals surface area (Å²) in [6, 6.07) is 0. The van der Waals surface area contributed by atoms with Gasteiger partial charge in [-0.3, -0.25) is 0 Å². The molecular weight excluding hydrogens is 164 g/mol. The second kappa shape index (κ2) is 2.38. The lowest BCUT2D eigenvalue weighted by molar-refractivity contribution is 0.533. The van der Waals surface area contributed by atoms with E-state index in [0.29, 0.717) is 0 Å². The zero-order valence-electron chi connectivity index (χ0n) is 5.52. The van der Waals surface area contributed by atoms with E-state index in [9.17, 15) is 0 Å². The Morgan fingerprint density at radius 1 is 1.62 bits per heavy atom. The van der Waals surface area contributed by atoms with E-state index in [2.05, 4.69) is 29.8 Å². The Morgan fingerprint density at radius 2 is 2.25 bits per heavy atom. The largest absolute Gasteiger partial charge is 0.0925 e. The molecule has 0 spiro atoms. The summed E-state index contributed by atoms with van der Waals surface area (Å²) in [5.74, 6) is 2.96. The number of rotatable bonds is 2. The van der Waals surface area contributed by atoms with E-state index >= 15 is 0 Å². The van der Waals surface area contributed by atoms with Gasteiger partial charge in [0.25, 0.3) is 0 Å². The van der Waals surface area contributed by atoms with Crippen LogP contribution in [0.4, 0.5) is 0 Å². The number of halogens is 1. The number of hydrogen-bond donors (Lipinski definition) is 0. The molecule has 0 bridgehead atoms. The van der Waals surface area contributed by atoms with E-state index in [1.807, 2.05) is 0 Å². The van der Waals surface area contributed by atoms with Gasteiger partial charge in [0.05, 0.1) is 0 Å². The highest BCUT2D eigenvalue weighted by molar-refractivity contribution is 9.09. The van der Waals surface area contributed by atoms with E-state index in [0.717, 1.165) is 17.8 Å². The normalized spacial score (nSPS) is 36.0. The van der Waals surface area contributed by atoms with E-state index < -0.39 is 0 Å². The molecule has 1 saturated carbocycles. The van der Waals surface area contributed by atoms with Crippen molar-refractivity contribution in [3.05, 3.63) is 0 Å². The summed E-state index contributed by atoms with van der Waals surface area (Å²) >= 11 is 3.48. The summed E-state index contributed by atoms with van der Waals surface area (Å²) in [5, 5.41) is 1.22. The molecule has 1 aliphatic carbocycles. The molecule has 1 heteroatoms. The fourth-order valence-corrected chi connectivity index (χ4v) is 2.01. The van der Waals surface area contributed by atoms with Crippen LogP contribution >= 0.6 is 15.9 Å². The molecule has 1 rings (SSSR count). The molecule has 0 aromatic carbocycles. The van der Waals surface area contributed by atoms with Gasteiger partial charge in [0.15, 0.2) is 0 Å². The number of hydrogen-bond acceptors (Lipinski definition) is 0. The van der Waals surface area contributed by atoms with Gasteiger partial charge in [-0.15, -0.1) is 0 Å². The second-order valence-corrected chi connectivity index (χ2v) is 3.71. The fraction of sp³-hybridized carbons (Fsp3) is 1.00. The first-order valence-corrected chi connectivity index (χ1v) is 4.43. The fourth-order valence-electron chi connectivity index (χ4n) is 1.26. The molecule has 0 aliphatic heterocycles. The van der Waals surface area contributed by atoms with Gasteiger partial charge in [0.1, 0.15) is 0 Å². The zero-order chi connectivity index (χ0) is 6.15. The Morgan fingerprint density at radius 3 is 2.38 bits per heavy atom. The highest BCUT2D eigenvalue weighted by Crippen LogP contribution is 2.44. The van der Waals surface area contributed by atoms with Crippen LogP contribution in [0.5, 0.6) is 0 Å². The zero-order valence-corrected chi connectivity index (χ0v) is 7.11.